The molecule has 0 saturated carbocycles. The van der Waals surface area contributed by atoms with Crippen LogP contribution in [-0.4, -0.2) is 16.0 Å². The first-order valence-electron chi connectivity index (χ1n) is 6.98. The molecule has 0 spiro atoms. The molecule has 4 N–H and O–H groups in total. The fourth-order valence-electron chi connectivity index (χ4n) is 2.26. The average Bonchev–Trinajstić information content (AvgIpc) is 2.53. The summed E-state index contributed by atoms with van der Waals surface area (Å²) >= 11 is 0. The first kappa shape index (κ1) is 16.3. The van der Waals surface area contributed by atoms with Crippen molar-refractivity contribution in [1.82, 2.24) is 0 Å². The molecule has 0 fully saturated rings. The number of aliphatic carboxylic acids is 1. The number of anilines is 2. The van der Waals surface area contributed by atoms with Gasteiger partial charge >= 0.3 is 5.97 Å². The van der Waals surface area contributed by atoms with E-state index >= 15 is 0 Å². The number of nitro groups is 1. The summed E-state index contributed by atoms with van der Waals surface area (Å²) in [6.45, 7) is 1.59. The Hall–Kier alpha value is -3.09. The van der Waals surface area contributed by atoms with Crippen LogP contribution < -0.4 is 11.1 Å². The molecule has 0 aliphatic heterocycles. The molecule has 0 radical (unpaired) electrons. The Morgan fingerprint density at radius 1 is 1.26 bits per heavy atom. The number of nitrogen functional groups attached to an aromatic ring is 1. The summed E-state index contributed by atoms with van der Waals surface area (Å²) < 4.78 is 0. The number of non-ortho nitro benzene ring substituents is 1. The van der Waals surface area contributed by atoms with Gasteiger partial charge in [-0.1, -0.05) is 30.3 Å². The molecule has 0 aromatic heterocycles. The van der Waals surface area contributed by atoms with Gasteiger partial charge in [-0.05, 0) is 18.6 Å². The van der Waals surface area contributed by atoms with Gasteiger partial charge in [0.25, 0.3) is 5.69 Å². The zero-order valence-electron chi connectivity index (χ0n) is 12.5. The predicted molar refractivity (Wildman–Crippen MR) is 87.1 cm³/mol. The van der Waals surface area contributed by atoms with Crippen LogP contribution in [0.4, 0.5) is 17.1 Å². The summed E-state index contributed by atoms with van der Waals surface area (Å²) in [4.78, 5) is 21.6. The number of benzene rings is 2. The lowest BCUT2D eigenvalue weighted by molar-refractivity contribution is -0.384. The van der Waals surface area contributed by atoms with Crippen molar-refractivity contribution in [2.45, 2.75) is 13.0 Å². The molecular formula is C16H17N3O4. The van der Waals surface area contributed by atoms with Gasteiger partial charge in [0.15, 0.2) is 0 Å². The van der Waals surface area contributed by atoms with Gasteiger partial charge in [0.05, 0.1) is 28.3 Å². The molecule has 0 bridgehead atoms. The van der Waals surface area contributed by atoms with Crippen molar-refractivity contribution >= 4 is 23.0 Å². The summed E-state index contributed by atoms with van der Waals surface area (Å²) in [7, 11) is 0. The Morgan fingerprint density at radius 2 is 1.91 bits per heavy atom. The second kappa shape index (κ2) is 6.78. The molecule has 0 amide bonds. The van der Waals surface area contributed by atoms with Gasteiger partial charge in [-0.25, -0.2) is 0 Å². The summed E-state index contributed by atoms with van der Waals surface area (Å²) in [5.41, 5.74) is 7.17. The maximum Gasteiger partial charge on any atom is 0.308 e. The largest absolute Gasteiger partial charge is 0.481 e. The number of carboxylic acids is 1. The number of nitro benzene ring substituents is 1. The highest BCUT2D eigenvalue weighted by Gasteiger charge is 2.25. The third-order valence-electron chi connectivity index (χ3n) is 3.61. The number of hydrogen-bond donors (Lipinski definition) is 3. The Balaban J connectivity index is 2.35. The van der Waals surface area contributed by atoms with Gasteiger partial charge in [0.1, 0.15) is 0 Å². The van der Waals surface area contributed by atoms with E-state index in [2.05, 4.69) is 5.32 Å². The van der Waals surface area contributed by atoms with E-state index in [0.29, 0.717) is 5.69 Å². The minimum Gasteiger partial charge on any atom is -0.481 e. The van der Waals surface area contributed by atoms with Gasteiger partial charge in [-0.2, -0.15) is 0 Å². The van der Waals surface area contributed by atoms with E-state index in [9.17, 15) is 20.0 Å². The summed E-state index contributed by atoms with van der Waals surface area (Å²) in [5, 5.41) is 23.2. The molecule has 120 valence electrons. The lowest BCUT2D eigenvalue weighted by atomic mass is 9.94. The average molecular weight is 315 g/mol. The minimum absolute atomic E-state index is 0.115. The van der Waals surface area contributed by atoms with Crippen molar-refractivity contribution in [3.05, 3.63) is 64.2 Å². The second-order valence-electron chi connectivity index (χ2n) is 5.19. The molecule has 1 unspecified atom stereocenters. The van der Waals surface area contributed by atoms with Crippen LogP contribution in [0.15, 0.2) is 48.5 Å². The Kier molecular flexibility index (Phi) is 4.80. The minimum atomic E-state index is -0.952. The maximum atomic E-state index is 11.4. The molecule has 2 aromatic carbocycles. The second-order valence-corrected chi connectivity index (χ2v) is 5.19. The van der Waals surface area contributed by atoms with Crippen LogP contribution in [0, 0.1) is 16.0 Å². The van der Waals surface area contributed by atoms with Gasteiger partial charge in [0, 0.05) is 12.1 Å². The summed E-state index contributed by atoms with van der Waals surface area (Å²) in [6.07, 6.45) is 0. The predicted octanol–water partition coefficient (Wildman–Crippen LogP) is 3.05. The Bertz CT molecular complexity index is 719. The van der Waals surface area contributed by atoms with E-state index in [1.165, 1.54) is 18.2 Å². The summed E-state index contributed by atoms with van der Waals surface area (Å²) in [5.74, 6) is -1.67. The molecule has 7 nitrogen and oxygen atoms in total. The smallest absolute Gasteiger partial charge is 0.308 e. The quantitative estimate of drug-likeness (QED) is 0.428. The number of nitrogens with two attached hydrogens (primary N) is 1. The van der Waals surface area contributed by atoms with E-state index in [-0.39, 0.29) is 11.4 Å². The highest BCUT2D eigenvalue weighted by Crippen LogP contribution is 2.31. The molecule has 23 heavy (non-hydrogen) atoms. The zero-order chi connectivity index (χ0) is 17.0. The molecule has 0 saturated heterocycles. The van der Waals surface area contributed by atoms with Gasteiger partial charge in [-0.15, -0.1) is 0 Å². The fraction of sp³-hybridized carbons (Fsp3) is 0.188. The normalized spacial score (nSPS) is 13.1. The lowest BCUT2D eigenvalue weighted by Gasteiger charge is -2.24. The standard InChI is InChI=1S/C16H17N3O4/c1-10(16(20)21)15(11-5-3-2-4-6-11)18-14-8-7-12(19(22)23)9-13(14)17/h2-10,15,18H,17H2,1H3,(H,20,21)/t10?,15-/m1/s1. The van der Waals surface area contributed by atoms with Crippen molar-refractivity contribution in [1.29, 1.82) is 0 Å². The number of nitrogens with zero attached hydrogens (tertiary/aromatic N) is 1. The summed E-state index contributed by atoms with van der Waals surface area (Å²) in [6, 6.07) is 12.6. The van der Waals surface area contributed by atoms with E-state index in [0.717, 1.165) is 5.56 Å². The molecule has 2 aromatic rings. The van der Waals surface area contributed by atoms with Gasteiger partial charge in [0.2, 0.25) is 0 Å². The van der Waals surface area contributed by atoms with E-state index < -0.39 is 22.9 Å². The number of carbonyl (C=O) groups is 1. The molecule has 7 heteroatoms. The number of nitrogens with one attached hydrogen (secondary N) is 1. The zero-order valence-corrected chi connectivity index (χ0v) is 12.5. The van der Waals surface area contributed by atoms with E-state index in [1.807, 2.05) is 30.3 Å². The van der Waals surface area contributed by atoms with Gasteiger partial charge < -0.3 is 16.2 Å². The monoisotopic (exact) mass is 315 g/mol. The van der Waals surface area contributed by atoms with Crippen molar-refractivity contribution in [3.63, 3.8) is 0 Å². The number of carboxylic acid groups (broad SMARTS) is 1. The van der Waals surface area contributed by atoms with Crippen LogP contribution in [-0.2, 0) is 4.79 Å². The van der Waals surface area contributed by atoms with Crippen molar-refractivity contribution in [2.75, 3.05) is 11.1 Å². The highest BCUT2D eigenvalue weighted by atomic mass is 16.6. The van der Waals surface area contributed by atoms with Crippen molar-refractivity contribution in [2.24, 2.45) is 5.92 Å². The number of hydrogen-bond acceptors (Lipinski definition) is 5. The van der Waals surface area contributed by atoms with Gasteiger partial charge in [-0.3, -0.25) is 14.9 Å². The van der Waals surface area contributed by atoms with Crippen LogP contribution in [0.3, 0.4) is 0 Å². The lowest BCUT2D eigenvalue weighted by Crippen LogP contribution is -2.25. The fourth-order valence-corrected chi connectivity index (χ4v) is 2.26. The Morgan fingerprint density at radius 3 is 2.43 bits per heavy atom. The molecule has 2 rings (SSSR count). The first-order valence-corrected chi connectivity index (χ1v) is 6.98. The van der Waals surface area contributed by atoms with E-state index in [1.54, 1.807) is 6.92 Å². The third-order valence-corrected chi connectivity index (χ3v) is 3.61. The third kappa shape index (κ3) is 3.76. The van der Waals surface area contributed by atoms with Crippen LogP contribution >= 0.6 is 0 Å². The molecular weight excluding hydrogens is 298 g/mol. The maximum absolute atomic E-state index is 11.4. The molecule has 0 aliphatic carbocycles. The van der Waals surface area contributed by atoms with Crippen LogP contribution in [0.25, 0.3) is 0 Å². The van der Waals surface area contributed by atoms with Crippen LogP contribution in [0.2, 0.25) is 0 Å². The first-order chi connectivity index (χ1) is 10.9. The topological polar surface area (TPSA) is 118 Å². The SMILES string of the molecule is CC(C(=O)O)[C@@H](Nc1ccc([N+](=O)[O-])cc1N)c1ccccc1. The van der Waals surface area contributed by atoms with Crippen molar-refractivity contribution < 1.29 is 14.8 Å². The molecule has 0 aliphatic rings. The van der Waals surface area contributed by atoms with Crippen LogP contribution in [0.1, 0.15) is 18.5 Å². The van der Waals surface area contributed by atoms with Crippen molar-refractivity contribution in [3.8, 4) is 0 Å². The Labute approximate surface area is 132 Å². The highest BCUT2D eigenvalue weighted by molar-refractivity contribution is 5.74. The molecule has 0 heterocycles. The van der Waals surface area contributed by atoms with E-state index in [4.69, 9.17) is 5.73 Å². The van der Waals surface area contributed by atoms with Crippen LogP contribution in [0.5, 0.6) is 0 Å². The number of rotatable bonds is 6. The molecule has 2 atom stereocenters.